The van der Waals surface area contributed by atoms with Gasteiger partial charge in [-0.1, -0.05) is 152 Å². The van der Waals surface area contributed by atoms with Gasteiger partial charge in [-0.25, -0.2) is 9.97 Å². The van der Waals surface area contributed by atoms with Gasteiger partial charge in [0.2, 0.25) is 0 Å². The quantitative estimate of drug-likeness (QED) is 0.176. The van der Waals surface area contributed by atoms with Gasteiger partial charge < -0.3 is 0 Å². The van der Waals surface area contributed by atoms with Gasteiger partial charge in [-0.3, -0.25) is 4.57 Å². The summed E-state index contributed by atoms with van der Waals surface area (Å²) in [5.74, 6) is 0.911. The van der Waals surface area contributed by atoms with Crippen molar-refractivity contribution in [1.82, 2.24) is 14.5 Å². The third-order valence-electron chi connectivity index (χ3n) is 10.2. The minimum atomic E-state index is 0.911. The summed E-state index contributed by atoms with van der Waals surface area (Å²) in [6.07, 6.45) is 0. The van der Waals surface area contributed by atoms with Crippen molar-refractivity contribution in [2.75, 3.05) is 0 Å². The Kier molecular flexibility index (Phi) is 7.47. The molecule has 0 fully saturated rings. The van der Waals surface area contributed by atoms with E-state index >= 15 is 0 Å². The van der Waals surface area contributed by atoms with Crippen LogP contribution >= 0.6 is 0 Å². The predicted octanol–water partition coefficient (Wildman–Crippen LogP) is 13.1. The molecule has 248 valence electrons. The van der Waals surface area contributed by atoms with Crippen molar-refractivity contribution in [1.29, 1.82) is 0 Å². The smallest absolute Gasteiger partial charge is 0.145 e. The molecule has 2 heterocycles. The highest BCUT2D eigenvalue weighted by atomic mass is 15.1. The van der Waals surface area contributed by atoms with E-state index in [9.17, 15) is 0 Å². The van der Waals surface area contributed by atoms with Crippen LogP contribution in [-0.2, 0) is 0 Å². The number of benzene rings is 8. The lowest BCUT2D eigenvalue weighted by atomic mass is 9.97. The zero-order chi connectivity index (χ0) is 35.1. The first-order valence-corrected chi connectivity index (χ1v) is 18.0. The zero-order valence-electron chi connectivity index (χ0n) is 28.9. The van der Waals surface area contributed by atoms with Crippen LogP contribution in [0.25, 0.3) is 94.4 Å². The van der Waals surface area contributed by atoms with Gasteiger partial charge in [0.25, 0.3) is 0 Å². The molecule has 2 aromatic heterocycles. The van der Waals surface area contributed by atoms with Crippen molar-refractivity contribution >= 4 is 32.6 Å². The van der Waals surface area contributed by atoms with Gasteiger partial charge in [0, 0.05) is 22.4 Å². The Labute approximate surface area is 308 Å². The molecular weight excluding hydrogens is 643 g/mol. The molecular formula is C50H33N3. The Morgan fingerprint density at radius 1 is 0.302 bits per heavy atom. The van der Waals surface area contributed by atoms with Crippen LogP contribution in [0.1, 0.15) is 0 Å². The number of hydrogen-bond acceptors (Lipinski definition) is 2. The van der Waals surface area contributed by atoms with Gasteiger partial charge in [-0.15, -0.1) is 0 Å². The second-order valence-corrected chi connectivity index (χ2v) is 13.5. The van der Waals surface area contributed by atoms with Crippen molar-refractivity contribution < 1.29 is 0 Å². The second-order valence-electron chi connectivity index (χ2n) is 13.5. The Morgan fingerprint density at radius 2 is 0.811 bits per heavy atom. The van der Waals surface area contributed by atoms with Gasteiger partial charge in [-0.05, 0) is 92.3 Å². The fourth-order valence-corrected chi connectivity index (χ4v) is 7.42. The monoisotopic (exact) mass is 675 g/mol. The topological polar surface area (TPSA) is 30.7 Å². The molecule has 0 aliphatic carbocycles. The summed E-state index contributed by atoms with van der Waals surface area (Å²) >= 11 is 0. The number of pyridine rings is 1. The molecule has 0 aliphatic rings. The van der Waals surface area contributed by atoms with Crippen molar-refractivity contribution in [3.8, 4) is 61.8 Å². The van der Waals surface area contributed by atoms with Crippen LogP contribution in [0.5, 0.6) is 0 Å². The SMILES string of the molecule is c1ccc(-c2ccc(-c3nc4ccccc4n3-c3ccc(-c4cc(-c5ccc6ccccc6c5)cc(-c5ccc6ccccc6c5)n4)cc3)cc2)cc1. The Morgan fingerprint density at radius 3 is 1.53 bits per heavy atom. The molecule has 0 saturated carbocycles. The highest BCUT2D eigenvalue weighted by Crippen LogP contribution is 2.35. The number of hydrogen-bond donors (Lipinski definition) is 0. The van der Waals surface area contributed by atoms with Crippen LogP contribution in [0, 0.1) is 0 Å². The number of nitrogens with zero attached hydrogens (tertiary/aromatic N) is 3. The van der Waals surface area contributed by atoms with E-state index in [-0.39, 0.29) is 0 Å². The maximum atomic E-state index is 5.29. The molecule has 3 nitrogen and oxygen atoms in total. The fourth-order valence-electron chi connectivity index (χ4n) is 7.42. The number of para-hydroxylation sites is 2. The molecule has 53 heavy (non-hydrogen) atoms. The summed E-state index contributed by atoms with van der Waals surface area (Å²) in [6.45, 7) is 0. The molecule has 0 N–H and O–H groups in total. The zero-order valence-corrected chi connectivity index (χ0v) is 28.9. The molecule has 10 aromatic rings. The molecule has 0 amide bonds. The molecule has 0 radical (unpaired) electrons. The van der Waals surface area contributed by atoms with E-state index in [2.05, 4.69) is 193 Å². The standard InChI is InChI=1S/C50H33N3/c1-2-10-34(11-3-1)37-18-22-39(23-19-37)50-52-46-16-8-9-17-49(46)53(50)45-28-26-38(27-29-45)47-32-44(42-24-20-35-12-4-6-14-40(35)30-42)33-48(51-47)43-25-21-36-13-5-7-15-41(36)31-43/h1-33H. The summed E-state index contributed by atoms with van der Waals surface area (Å²) in [7, 11) is 0. The van der Waals surface area contributed by atoms with Crippen LogP contribution in [0.3, 0.4) is 0 Å². The van der Waals surface area contributed by atoms with Gasteiger partial charge in [-0.2, -0.15) is 0 Å². The first-order chi connectivity index (χ1) is 26.2. The predicted molar refractivity (Wildman–Crippen MR) is 221 cm³/mol. The molecule has 0 unspecified atom stereocenters. The first kappa shape index (κ1) is 30.7. The van der Waals surface area contributed by atoms with Crippen LogP contribution in [0.15, 0.2) is 200 Å². The van der Waals surface area contributed by atoms with Crippen LogP contribution < -0.4 is 0 Å². The molecule has 10 rings (SSSR count). The highest BCUT2D eigenvalue weighted by Gasteiger charge is 2.16. The van der Waals surface area contributed by atoms with E-state index in [1.54, 1.807) is 0 Å². The van der Waals surface area contributed by atoms with Crippen molar-refractivity contribution in [2.45, 2.75) is 0 Å². The third kappa shape index (κ3) is 5.75. The lowest BCUT2D eigenvalue weighted by Gasteiger charge is -2.13. The van der Waals surface area contributed by atoms with Gasteiger partial charge in [0.15, 0.2) is 0 Å². The summed E-state index contributed by atoms with van der Waals surface area (Å²) in [5, 5.41) is 4.87. The van der Waals surface area contributed by atoms with E-state index in [0.29, 0.717) is 0 Å². The number of rotatable bonds is 6. The summed E-state index contributed by atoms with van der Waals surface area (Å²) < 4.78 is 2.26. The molecule has 0 saturated heterocycles. The molecule has 0 atom stereocenters. The summed E-state index contributed by atoms with van der Waals surface area (Å²) in [6, 6.07) is 71.0. The first-order valence-electron chi connectivity index (χ1n) is 18.0. The molecule has 0 spiro atoms. The van der Waals surface area contributed by atoms with Gasteiger partial charge in [0.1, 0.15) is 5.82 Å². The Hall–Kier alpha value is -7.10. The van der Waals surface area contributed by atoms with Crippen LogP contribution in [0.2, 0.25) is 0 Å². The van der Waals surface area contributed by atoms with Crippen LogP contribution in [-0.4, -0.2) is 14.5 Å². The van der Waals surface area contributed by atoms with Crippen molar-refractivity contribution in [3.63, 3.8) is 0 Å². The second kappa shape index (κ2) is 12.9. The lowest BCUT2D eigenvalue weighted by molar-refractivity contribution is 1.10. The van der Waals surface area contributed by atoms with Crippen LogP contribution in [0.4, 0.5) is 0 Å². The molecule has 3 heteroatoms. The van der Waals surface area contributed by atoms with E-state index in [0.717, 1.165) is 56.2 Å². The van der Waals surface area contributed by atoms with Crippen molar-refractivity contribution in [3.05, 3.63) is 200 Å². The fraction of sp³-hybridized carbons (Fsp3) is 0. The van der Waals surface area contributed by atoms with Gasteiger partial charge >= 0.3 is 0 Å². The lowest BCUT2D eigenvalue weighted by Crippen LogP contribution is -1.98. The normalized spacial score (nSPS) is 11.4. The average molecular weight is 676 g/mol. The maximum Gasteiger partial charge on any atom is 0.145 e. The summed E-state index contributed by atoms with van der Waals surface area (Å²) in [5.41, 5.74) is 12.8. The van der Waals surface area contributed by atoms with Gasteiger partial charge in [0.05, 0.1) is 22.4 Å². The largest absolute Gasteiger partial charge is 0.292 e. The van der Waals surface area contributed by atoms with E-state index in [1.165, 1.54) is 38.2 Å². The van der Waals surface area contributed by atoms with E-state index < -0.39 is 0 Å². The average Bonchev–Trinajstić information content (AvgIpc) is 3.63. The maximum absolute atomic E-state index is 5.29. The number of aromatic nitrogens is 3. The molecule has 8 aromatic carbocycles. The minimum Gasteiger partial charge on any atom is -0.292 e. The Bertz CT molecular complexity index is 2820. The van der Waals surface area contributed by atoms with E-state index in [1.807, 2.05) is 12.1 Å². The Balaban J connectivity index is 1.08. The number of fused-ring (bicyclic) bond motifs is 3. The van der Waals surface area contributed by atoms with Crippen molar-refractivity contribution in [2.24, 2.45) is 0 Å². The molecule has 0 bridgehead atoms. The number of imidazole rings is 1. The minimum absolute atomic E-state index is 0.911. The highest BCUT2D eigenvalue weighted by molar-refractivity contribution is 5.91. The third-order valence-corrected chi connectivity index (χ3v) is 10.2. The summed E-state index contributed by atoms with van der Waals surface area (Å²) in [4.78, 5) is 10.4. The molecule has 0 aliphatic heterocycles. The van der Waals surface area contributed by atoms with E-state index in [4.69, 9.17) is 9.97 Å².